The van der Waals surface area contributed by atoms with E-state index in [0.29, 0.717) is 24.9 Å². The third-order valence-electron chi connectivity index (χ3n) is 3.50. The molecular weight excluding hydrogens is 302 g/mol. The normalized spacial score (nSPS) is 20.8. The van der Waals surface area contributed by atoms with E-state index in [0.717, 1.165) is 0 Å². The van der Waals surface area contributed by atoms with Gasteiger partial charge in [0.1, 0.15) is 4.90 Å². The van der Waals surface area contributed by atoms with Crippen molar-refractivity contribution in [2.24, 2.45) is 5.92 Å². The van der Waals surface area contributed by atoms with Crippen LogP contribution in [0.15, 0.2) is 23.1 Å². The fourth-order valence-electron chi connectivity index (χ4n) is 2.43. The molecule has 1 N–H and O–H groups in total. The summed E-state index contributed by atoms with van der Waals surface area (Å²) in [6.07, 6.45) is 1.04. The lowest BCUT2D eigenvalue weighted by atomic mass is 10.0. The van der Waals surface area contributed by atoms with E-state index >= 15 is 0 Å². The first-order valence-electron chi connectivity index (χ1n) is 6.32. The summed E-state index contributed by atoms with van der Waals surface area (Å²) in [5, 5.41) is 9.22. The van der Waals surface area contributed by atoms with Crippen LogP contribution in [0.25, 0.3) is 0 Å². The summed E-state index contributed by atoms with van der Waals surface area (Å²) in [5.41, 5.74) is 0.565. The third kappa shape index (κ3) is 2.82. The molecule has 1 aromatic rings. The first-order chi connectivity index (χ1) is 9.34. The van der Waals surface area contributed by atoms with E-state index in [4.69, 9.17) is 16.7 Å². The summed E-state index contributed by atoms with van der Waals surface area (Å²) in [4.78, 5) is 11.1. The lowest BCUT2D eigenvalue weighted by Gasteiger charge is -2.30. The summed E-state index contributed by atoms with van der Waals surface area (Å²) < 4.78 is 26.5. The second-order valence-corrected chi connectivity index (χ2v) is 7.21. The molecule has 1 heterocycles. The van der Waals surface area contributed by atoms with Gasteiger partial charge in [-0.05, 0) is 31.4 Å². The number of aliphatic carboxylic acids is 1. The van der Waals surface area contributed by atoms with Crippen LogP contribution in [0.1, 0.15) is 18.4 Å². The maximum atomic E-state index is 12.6. The monoisotopic (exact) mass is 317 g/mol. The summed E-state index contributed by atoms with van der Waals surface area (Å²) in [5.74, 6) is -1.61. The number of hydrogen-bond donors (Lipinski definition) is 1. The van der Waals surface area contributed by atoms with Crippen LogP contribution >= 0.6 is 11.6 Å². The fraction of sp³-hybridized carbons (Fsp3) is 0.462. The zero-order chi connectivity index (χ0) is 14.9. The van der Waals surface area contributed by atoms with Gasteiger partial charge in [-0.25, -0.2) is 8.42 Å². The molecule has 7 heteroatoms. The van der Waals surface area contributed by atoms with E-state index in [-0.39, 0.29) is 16.5 Å². The van der Waals surface area contributed by atoms with Crippen LogP contribution in [0, 0.1) is 12.8 Å². The van der Waals surface area contributed by atoms with Crippen molar-refractivity contribution in [1.29, 1.82) is 0 Å². The Balaban J connectivity index is 2.38. The number of rotatable bonds is 3. The Morgan fingerprint density at radius 1 is 1.45 bits per heavy atom. The van der Waals surface area contributed by atoms with Gasteiger partial charge < -0.3 is 5.11 Å². The Morgan fingerprint density at radius 3 is 2.75 bits per heavy atom. The topological polar surface area (TPSA) is 74.7 Å². The molecule has 1 fully saturated rings. The number of sulfonamides is 1. The molecule has 110 valence electrons. The minimum absolute atomic E-state index is 0.00231. The molecular formula is C13H16ClNO4S. The quantitative estimate of drug-likeness (QED) is 0.926. The minimum atomic E-state index is -3.75. The number of aryl methyl sites for hydroxylation is 1. The number of carbonyl (C=O) groups is 1. The van der Waals surface area contributed by atoms with Crippen molar-refractivity contribution in [1.82, 2.24) is 4.31 Å². The molecule has 0 aromatic heterocycles. The van der Waals surface area contributed by atoms with E-state index in [1.165, 1.54) is 10.4 Å². The fourth-order valence-corrected chi connectivity index (χ4v) is 4.74. The van der Waals surface area contributed by atoms with Gasteiger partial charge in [-0.2, -0.15) is 4.31 Å². The zero-order valence-electron chi connectivity index (χ0n) is 11.0. The van der Waals surface area contributed by atoms with Gasteiger partial charge in [0.2, 0.25) is 10.0 Å². The lowest BCUT2D eigenvalue weighted by Crippen LogP contribution is -2.42. The molecule has 1 aliphatic heterocycles. The van der Waals surface area contributed by atoms with Crippen LogP contribution in [0.4, 0.5) is 0 Å². The van der Waals surface area contributed by atoms with Crippen molar-refractivity contribution >= 4 is 27.6 Å². The number of benzene rings is 1. The molecule has 1 saturated heterocycles. The predicted molar refractivity (Wildman–Crippen MR) is 75.3 cm³/mol. The van der Waals surface area contributed by atoms with E-state index in [1.54, 1.807) is 19.1 Å². The Kier molecular flexibility index (Phi) is 4.36. The Hall–Kier alpha value is -1.11. The van der Waals surface area contributed by atoms with Crippen LogP contribution < -0.4 is 0 Å². The van der Waals surface area contributed by atoms with Crippen molar-refractivity contribution < 1.29 is 18.3 Å². The largest absolute Gasteiger partial charge is 0.481 e. The summed E-state index contributed by atoms with van der Waals surface area (Å²) in [7, 11) is -3.75. The summed E-state index contributed by atoms with van der Waals surface area (Å²) in [6, 6.07) is 4.89. The van der Waals surface area contributed by atoms with Gasteiger partial charge in [-0.15, -0.1) is 0 Å². The molecule has 0 saturated carbocycles. The first kappa shape index (κ1) is 15.3. The number of piperidine rings is 1. The SMILES string of the molecule is Cc1cccc(Cl)c1S(=O)(=O)N1CCCC(C(=O)O)C1. The molecule has 1 unspecified atom stereocenters. The summed E-state index contributed by atoms with van der Waals surface area (Å²) >= 11 is 6.01. The van der Waals surface area contributed by atoms with Gasteiger partial charge >= 0.3 is 5.97 Å². The molecule has 0 bridgehead atoms. The Labute approximate surface area is 123 Å². The van der Waals surface area contributed by atoms with Gasteiger partial charge in [0.15, 0.2) is 0 Å². The van der Waals surface area contributed by atoms with E-state index in [1.807, 2.05) is 0 Å². The highest BCUT2D eigenvalue weighted by molar-refractivity contribution is 7.89. The van der Waals surface area contributed by atoms with Crippen molar-refractivity contribution in [3.05, 3.63) is 28.8 Å². The molecule has 0 aliphatic carbocycles. The number of carboxylic acid groups (broad SMARTS) is 1. The maximum absolute atomic E-state index is 12.6. The third-order valence-corrected chi connectivity index (χ3v) is 5.99. The molecule has 1 aliphatic rings. The molecule has 1 atom stereocenters. The van der Waals surface area contributed by atoms with E-state index in [9.17, 15) is 13.2 Å². The molecule has 0 radical (unpaired) electrons. The highest BCUT2D eigenvalue weighted by Gasteiger charge is 2.34. The highest BCUT2D eigenvalue weighted by atomic mass is 35.5. The van der Waals surface area contributed by atoms with Crippen molar-refractivity contribution in [3.8, 4) is 0 Å². The number of nitrogens with zero attached hydrogens (tertiary/aromatic N) is 1. The van der Waals surface area contributed by atoms with Crippen LogP contribution in [-0.4, -0.2) is 36.9 Å². The molecule has 2 rings (SSSR count). The highest BCUT2D eigenvalue weighted by Crippen LogP contribution is 2.30. The van der Waals surface area contributed by atoms with Gasteiger partial charge in [-0.1, -0.05) is 23.7 Å². The van der Waals surface area contributed by atoms with Crippen LogP contribution in [0.3, 0.4) is 0 Å². The average molecular weight is 318 g/mol. The summed E-state index contributed by atoms with van der Waals surface area (Å²) in [6.45, 7) is 2.01. The minimum Gasteiger partial charge on any atom is -0.481 e. The average Bonchev–Trinajstić information content (AvgIpc) is 2.38. The number of hydrogen-bond acceptors (Lipinski definition) is 3. The Bertz CT molecular complexity index is 609. The molecule has 1 aromatic carbocycles. The lowest BCUT2D eigenvalue weighted by molar-refractivity contribution is -0.142. The van der Waals surface area contributed by atoms with Gasteiger partial charge in [0.05, 0.1) is 10.9 Å². The van der Waals surface area contributed by atoms with Crippen molar-refractivity contribution in [3.63, 3.8) is 0 Å². The molecule has 0 amide bonds. The smallest absolute Gasteiger partial charge is 0.307 e. The first-order valence-corrected chi connectivity index (χ1v) is 8.14. The van der Waals surface area contributed by atoms with E-state index in [2.05, 4.69) is 0 Å². The van der Waals surface area contributed by atoms with Crippen molar-refractivity contribution in [2.45, 2.75) is 24.7 Å². The maximum Gasteiger partial charge on any atom is 0.307 e. The second kappa shape index (κ2) is 5.71. The number of carboxylic acids is 1. The molecule has 0 spiro atoms. The van der Waals surface area contributed by atoms with Gasteiger partial charge in [0, 0.05) is 13.1 Å². The molecule has 20 heavy (non-hydrogen) atoms. The molecule has 5 nitrogen and oxygen atoms in total. The number of halogens is 1. The predicted octanol–water partition coefficient (Wildman–Crippen LogP) is 2.13. The standard InChI is InChI=1S/C13H16ClNO4S/c1-9-4-2-6-11(14)12(9)20(18,19)15-7-3-5-10(8-15)13(16)17/h2,4,6,10H,3,5,7-8H2,1H3,(H,16,17). The van der Waals surface area contributed by atoms with E-state index < -0.39 is 21.9 Å². The zero-order valence-corrected chi connectivity index (χ0v) is 12.6. The van der Waals surface area contributed by atoms with Crippen LogP contribution in [0.5, 0.6) is 0 Å². The van der Waals surface area contributed by atoms with Crippen molar-refractivity contribution in [2.75, 3.05) is 13.1 Å². The van der Waals surface area contributed by atoms with Gasteiger partial charge in [-0.3, -0.25) is 4.79 Å². The van der Waals surface area contributed by atoms with Gasteiger partial charge in [0.25, 0.3) is 0 Å². The van der Waals surface area contributed by atoms with Crippen LogP contribution in [0.2, 0.25) is 5.02 Å². The second-order valence-electron chi connectivity index (χ2n) is 4.93. The van der Waals surface area contributed by atoms with Crippen LogP contribution in [-0.2, 0) is 14.8 Å². The Morgan fingerprint density at radius 2 is 2.15 bits per heavy atom.